The molecule has 1 unspecified atom stereocenters. The number of Topliss-reactive ketones (excluding diaryl/α,β-unsaturated/α-hetero) is 2. The standard InChI is InChI=1S/C16H14O4S2/c1-11(17)13-7-3-5-9-15(13)20-22(19,21)16-10-6-4-8-14(16)12(2)18/h3-10H,1-2H3. The smallest absolute Gasteiger partial charge is 0.216 e. The number of hydrogen-bond donors (Lipinski definition) is 0. The van der Waals surface area contributed by atoms with Crippen LogP contribution in [-0.4, -0.2) is 15.8 Å². The first-order valence-corrected chi connectivity index (χ1v) is 8.88. The van der Waals surface area contributed by atoms with E-state index in [1.165, 1.54) is 26.0 Å². The Morgan fingerprint density at radius 3 is 2.00 bits per heavy atom. The number of hydrogen-bond acceptors (Lipinski definition) is 5. The molecule has 0 amide bonds. The molecule has 0 heterocycles. The second-order valence-corrected chi connectivity index (χ2v) is 7.47. The minimum absolute atomic E-state index is 0.147. The molecule has 0 spiro atoms. The van der Waals surface area contributed by atoms with Crippen LogP contribution in [0.1, 0.15) is 34.6 Å². The monoisotopic (exact) mass is 334 g/mol. The fourth-order valence-electron chi connectivity index (χ4n) is 1.97. The van der Waals surface area contributed by atoms with Gasteiger partial charge in [0.1, 0.15) is 0 Å². The zero-order chi connectivity index (χ0) is 16.3. The Morgan fingerprint density at radius 2 is 1.41 bits per heavy atom. The van der Waals surface area contributed by atoms with Crippen LogP contribution < -0.4 is 4.18 Å². The molecule has 0 saturated carbocycles. The molecule has 0 saturated heterocycles. The number of para-hydroxylation sites is 1. The van der Waals surface area contributed by atoms with Gasteiger partial charge in [0.25, 0.3) is 0 Å². The minimum Gasteiger partial charge on any atom is -0.397 e. The summed E-state index contributed by atoms with van der Waals surface area (Å²) in [6, 6.07) is 12.8. The van der Waals surface area contributed by atoms with Crippen LogP contribution in [0.25, 0.3) is 0 Å². The van der Waals surface area contributed by atoms with Gasteiger partial charge in [0.15, 0.2) is 17.3 Å². The van der Waals surface area contributed by atoms with E-state index in [1.807, 2.05) is 0 Å². The van der Waals surface area contributed by atoms with Gasteiger partial charge in [-0.1, -0.05) is 30.3 Å². The van der Waals surface area contributed by atoms with Crippen molar-refractivity contribution in [3.63, 3.8) is 0 Å². The van der Waals surface area contributed by atoms with Gasteiger partial charge >= 0.3 is 0 Å². The van der Waals surface area contributed by atoms with Crippen LogP contribution in [0.2, 0.25) is 0 Å². The molecule has 0 fully saturated rings. The van der Waals surface area contributed by atoms with E-state index in [1.54, 1.807) is 36.4 Å². The van der Waals surface area contributed by atoms with Crippen molar-refractivity contribution in [1.82, 2.24) is 0 Å². The summed E-state index contributed by atoms with van der Waals surface area (Å²) >= 11 is 5.09. The topological polar surface area (TPSA) is 60.4 Å². The summed E-state index contributed by atoms with van der Waals surface area (Å²) in [4.78, 5) is 23.4. The van der Waals surface area contributed by atoms with Crippen molar-refractivity contribution in [1.29, 1.82) is 0 Å². The molecule has 6 heteroatoms. The molecule has 1 atom stereocenters. The van der Waals surface area contributed by atoms with Gasteiger partial charge in [0.2, 0.25) is 8.77 Å². The Balaban J connectivity index is 2.50. The van der Waals surface area contributed by atoms with Crippen LogP contribution in [0.3, 0.4) is 0 Å². The van der Waals surface area contributed by atoms with Gasteiger partial charge in [0.05, 0.1) is 10.5 Å². The normalized spacial score (nSPS) is 13.2. The first-order valence-electron chi connectivity index (χ1n) is 6.47. The predicted octanol–water partition coefficient (Wildman–Crippen LogP) is 3.19. The van der Waals surface area contributed by atoms with Crippen molar-refractivity contribution in [3.8, 4) is 5.75 Å². The summed E-state index contributed by atoms with van der Waals surface area (Å²) < 4.78 is 18.2. The molecule has 0 aliphatic rings. The molecule has 0 radical (unpaired) electrons. The average Bonchev–Trinajstić information content (AvgIpc) is 2.47. The van der Waals surface area contributed by atoms with Crippen LogP contribution in [0.5, 0.6) is 5.75 Å². The predicted molar refractivity (Wildman–Crippen MR) is 87.3 cm³/mol. The Hall–Kier alpha value is -2.05. The van der Waals surface area contributed by atoms with E-state index in [4.69, 9.17) is 15.4 Å². The molecular formula is C16H14O4S2. The van der Waals surface area contributed by atoms with Crippen LogP contribution >= 0.6 is 0 Å². The molecule has 0 aromatic heterocycles. The fourth-order valence-corrected chi connectivity index (χ4v) is 3.82. The molecule has 2 aromatic carbocycles. The lowest BCUT2D eigenvalue weighted by Crippen LogP contribution is -2.14. The Labute approximate surface area is 134 Å². The van der Waals surface area contributed by atoms with E-state index < -0.39 is 8.77 Å². The zero-order valence-electron chi connectivity index (χ0n) is 12.1. The van der Waals surface area contributed by atoms with Crippen LogP contribution in [0.15, 0.2) is 53.4 Å². The van der Waals surface area contributed by atoms with Crippen LogP contribution in [0.4, 0.5) is 0 Å². The van der Waals surface area contributed by atoms with Gasteiger partial charge in [0, 0.05) is 16.8 Å². The minimum atomic E-state index is -3.38. The Morgan fingerprint density at radius 1 is 0.909 bits per heavy atom. The Bertz CT molecular complexity index is 839. The van der Waals surface area contributed by atoms with Gasteiger partial charge in [-0.25, -0.2) is 4.21 Å². The molecule has 2 rings (SSSR count). The summed E-state index contributed by atoms with van der Waals surface area (Å²) in [7, 11) is -3.38. The number of carbonyl (C=O) groups is 2. The first kappa shape index (κ1) is 16.3. The highest BCUT2D eigenvalue weighted by Gasteiger charge is 2.20. The van der Waals surface area contributed by atoms with E-state index in [9.17, 15) is 13.8 Å². The van der Waals surface area contributed by atoms with Crippen LogP contribution in [0, 0.1) is 0 Å². The molecule has 0 aliphatic heterocycles. The van der Waals surface area contributed by atoms with Crippen molar-refractivity contribution in [2.24, 2.45) is 0 Å². The van der Waals surface area contributed by atoms with E-state index >= 15 is 0 Å². The fraction of sp³-hybridized carbons (Fsp3) is 0.125. The third-order valence-electron chi connectivity index (χ3n) is 3.00. The quantitative estimate of drug-likeness (QED) is 0.786. The number of ketones is 2. The molecular weight excluding hydrogens is 320 g/mol. The van der Waals surface area contributed by atoms with Crippen molar-refractivity contribution < 1.29 is 18.0 Å². The van der Waals surface area contributed by atoms with E-state index in [0.29, 0.717) is 5.56 Å². The van der Waals surface area contributed by atoms with Crippen molar-refractivity contribution >= 4 is 31.5 Å². The number of rotatable bonds is 5. The summed E-state index contributed by atoms with van der Waals surface area (Å²) in [5, 5.41) is 0. The first-order chi connectivity index (χ1) is 10.3. The third-order valence-corrected chi connectivity index (χ3v) is 5.04. The average molecular weight is 334 g/mol. The summed E-state index contributed by atoms with van der Waals surface area (Å²) in [5.41, 5.74) is 0.545. The van der Waals surface area contributed by atoms with E-state index in [-0.39, 0.29) is 27.8 Å². The van der Waals surface area contributed by atoms with Gasteiger partial charge in [-0.3, -0.25) is 9.59 Å². The van der Waals surface area contributed by atoms with E-state index in [0.717, 1.165) is 0 Å². The SMILES string of the molecule is CC(=O)c1ccccc1OS(=O)(=S)c1ccccc1C(C)=O. The lowest BCUT2D eigenvalue weighted by molar-refractivity contribution is 0.100. The highest BCUT2D eigenvalue weighted by molar-refractivity contribution is 8.30. The highest BCUT2D eigenvalue weighted by atomic mass is 32.8. The van der Waals surface area contributed by atoms with Gasteiger partial charge in [-0.2, -0.15) is 0 Å². The van der Waals surface area contributed by atoms with Crippen LogP contribution in [-0.2, 0) is 20.0 Å². The summed E-state index contributed by atoms with van der Waals surface area (Å²) in [6.07, 6.45) is 0. The molecule has 22 heavy (non-hydrogen) atoms. The van der Waals surface area contributed by atoms with Crippen molar-refractivity contribution in [2.45, 2.75) is 18.7 Å². The maximum Gasteiger partial charge on any atom is 0.216 e. The second kappa shape index (κ2) is 6.37. The Kier molecular flexibility index (Phi) is 4.73. The third kappa shape index (κ3) is 3.40. The molecule has 2 aromatic rings. The maximum atomic E-state index is 12.8. The molecule has 0 bridgehead atoms. The molecule has 4 nitrogen and oxygen atoms in total. The lowest BCUT2D eigenvalue weighted by Gasteiger charge is -2.14. The highest BCUT2D eigenvalue weighted by Crippen LogP contribution is 2.25. The molecule has 0 N–H and O–H groups in total. The largest absolute Gasteiger partial charge is 0.397 e. The maximum absolute atomic E-state index is 12.8. The summed E-state index contributed by atoms with van der Waals surface area (Å²) in [5.74, 6) is -0.328. The number of carbonyl (C=O) groups excluding carboxylic acids is 2. The lowest BCUT2D eigenvalue weighted by atomic mass is 10.1. The molecule has 0 aliphatic carbocycles. The zero-order valence-corrected chi connectivity index (χ0v) is 13.7. The van der Waals surface area contributed by atoms with Gasteiger partial charge in [-0.05, 0) is 32.0 Å². The van der Waals surface area contributed by atoms with Crippen molar-refractivity contribution in [2.75, 3.05) is 0 Å². The summed E-state index contributed by atoms with van der Waals surface area (Å²) in [6.45, 7) is 2.75. The molecule has 114 valence electrons. The van der Waals surface area contributed by atoms with Gasteiger partial charge < -0.3 is 4.18 Å². The number of benzene rings is 2. The van der Waals surface area contributed by atoms with E-state index in [2.05, 4.69) is 0 Å². The van der Waals surface area contributed by atoms with Gasteiger partial charge in [-0.15, -0.1) is 0 Å². The second-order valence-electron chi connectivity index (χ2n) is 4.64. The van der Waals surface area contributed by atoms with Crippen molar-refractivity contribution in [3.05, 3.63) is 59.7 Å².